The standard InChI is InChI=1S/C29H28N6O4/c1-17(36)33-12-10-19-13-26-23(14-25(19)33)32-29(38)28(35(26)39-18(2)37)21-16-34(24-9-4-3-7-20(21)24)27(15-30)22-8-5-6-11-31-22/h3-9,11,13-14,16,27-28H,10,12,15,30H2,1-2H3,(H,32,38). The molecule has 0 bridgehead atoms. The SMILES string of the molecule is CC(=O)ON1c2cc3c(cc2NC(=O)C1c1cn(C(CN)c2ccccn2)c2ccccc12)N(C(C)=O)CC3. The summed E-state index contributed by atoms with van der Waals surface area (Å²) in [6.07, 6.45) is 4.29. The minimum Gasteiger partial charge on any atom is -0.340 e. The Balaban J connectivity index is 1.51. The quantitative estimate of drug-likeness (QED) is 0.410. The maximum Gasteiger partial charge on any atom is 0.329 e. The van der Waals surface area contributed by atoms with E-state index in [1.165, 1.54) is 18.9 Å². The zero-order valence-corrected chi connectivity index (χ0v) is 21.6. The van der Waals surface area contributed by atoms with Crippen molar-refractivity contribution in [2.75, 3.05) is 28.4 Å². The second-order valence-corrected chi connectivity index (χ2v) is 9.73. The smallest absolute Gasteiger partial charge is 0.329 e. The highest BCUT2D eigenvalue weighted by Crippen LogP contribution is 2.45. The summed E-state index contributed by atoms with van der Waals surface area (Å²) < 4.78 is 2.02. The van der Waals surface area contributed by atoms with Crippen molar-refractivity contribution in [3.8, 4) is 0 Å². The molecule has 2 amide bonds. The number of aromatic nitrogens is 2. The number of carbonyl (C=O) groups excluding carboxylic acids is 3. The lowest BCUT2D eigenvalue weighted by molar-refractivity contribution is -0.144. The lowest BCUT2D eigenvalue weighted by Crippen LogP contribution is -2.42. The van der Waals surface area contributed by atoms with E-state index in [1.807, 2.05) is 59.3 Å². The first-order valence-corrected chi connectivity index (χ1v) is 12.8. The summed E-state index contributed by atoms with van der Waals surface area (Å²) in [4.78, 5) is 50.1. The predicted molar refractivity (Wildman–Crippen MR) is 147 cm³/mol. The second kappa shape index (κ2) is 9.55. The highest BCUT2D eigenvalue weighted by molar-refractivity contribution is 6.07. The number of fused-ring (bicyclic) bond motifs is 3. The molecule has 0 spiro atoms. The van der Waals surface area contributed by atoms with Crippen LogP contribution in [0.25, 0.3) is 10.9 Å². The van der Waals surface area contributed by atoms with Crippen LogP contribution in [0.1, 0.15) is 42.8 Å². The van der Waals surface area contributed by atoms with Gasteiger partial charge in [-0.3, -0.25) is 19.4 Å². The van der Waals surface area contributed by atoms with Crippen LogP contribution in [0, 0.1) is 0 Å². The van der Waals surface area contributed by atoms with Gasteiger partial charge in [0.25, 0.3) is 5.91 Å². The van der Waals surface area contributed by atoms with Crippen molar-refractivity contribution in [2.45, 2.75) is 32.4 Å². The average molecular weight is 525 g/mol. The minimum absolute atomic E-state index is 0.0688. The summed E-state index contributed by atoms with van der Waals surface area (Å²) in [5.41, 5.74) is 11.3. The van der Waals surface area contributed by atoms with Crippen molar-refractivity contribution < 1.29 is 19.2 Å². The van der Waals surface area contributed by atoms with Crippen molar-refractivity contribution >= 4 is 45.7 Å². The Hall–Kier alpha value is -4.70. The van der Waals surface area contributed by atoms with Crippen LogP contribution < -0.4 is 21.0 Å². The van der Waals surface area contributed by atoms with E-state index in [9.17, 15) is 14.4 Å². The third kappa shape index (κ3) is 4.09. The van der Waals surface area contributed by atoms with E-state index in [0.717, 1.165) is 27.8 Å². The number of nitrogens with zero attached hydrogens (tertiary/aromatic N) is 4. The van der Waals surface area contributed by atoms with Crippen LogP contribution in [0.4, 0.5) is 17.1 Å². The van der Waals surface area contributed by atoms with Gasteiger partial charge in [0, 0.05) is 61.5 Å². The van der Waals surface area contributed by atoms with Gasteiger partial charge < -0.3 is 25.4 Å². The molecule has 0 saturated heterocycles. The van der Waals surface area contributed by atoms with Crippen LogP contribution in [0.2, 0.25) is 0 Å². The van der Waals surface area contributed by atoms with Gasteiger partial charge in [-0.1, -0.05) is 24.3 Å². The first-order valence-electron chi connectivity index (χ1n) is 12.8. The molecule has 198 valence electrons. The molecule has 10 nitrogen and oxygen atoms in total. The van der Waals surface area contributed by atoms with E-state index in [1.54, 1.807) is 17.2 Å². The molecule has 2 aromatic carbocycles. The van der Waals surface area contributed by atoms with Gasteiger partial charge in [0.1, 0.15) is 5.69 Å². The third-order valence-corrected chi connectivity index (χ3v) is 7.33. The maximum atomic E-state index is 13.8. The lowest BCUT2D eigenvalue weighted by Gasteiger charge is -2.36. The molecule has 10 heteroatoms. The van der Waals surface area contributed by atoms with Crippen LogP contribution in [0.5, 0.6) is 0 Å². The largest absolute Gasteiger partial charge is 0.340 e. The Bertz CT molecular complexity index is 1620. The molecule has 0 saturated carbocycles. The number of nitrogens with one attached hydrogen (secondary N) is 1. The van der Waals surface area contributed by atoms with Crippen molar-refractivity contribution in [1.29, 1.82) is 0 Å². The topological polar surface area (TPSA) is 123 Å². The molecule has 2 aliphatic rings. The van der Waals surface area contributed by atoms with Crippen molar-refractivity contribution in [1.82, 2.24) is 9.55 Å². The third-order valence-electron chi connectivity index (χ3n) is 7.33. The first kappa shape index (κ1) is 24.6. The molecule has 4 aromatic rings. The predicted octanol–water partition coefficient (Wildman–Crippen LogP) is 3.47. The van der Waals surface area contributed by atoms with Gasteiger partial charge in [-0.2, -0.15) is 5.06 Å². The number of pyridine rings is 1. The fourth-order valence-electron chi connectivity index (χ4n) is 5.65. The highest BCUT2D eigenvalue weighted by Gasteiger charge is 2.40. The number of carbonyl (C=O) groups is 3. The Kier molecular flexibility index (Phi) is 6.03. The molecule has 0 aliphatic carbocycles. The van der Waals surface area contributed by atoms with Crippen LogP contribution in [0.3, 0.4) is 0 Å². The summed E-state index contributed by atoms with van der Waals surface area (Å²) in [6, 6.07) is 15.9. The van der Waals surface area contributed by atoms with Crippen LogP contribution >= 0.6 is 0 Å². The van der Waals surface area contributed by atoms with Gasteiger partial charge >= 0.3 is 5.97 Å². The fraction of sp³-hybridized carbons (Fsp3) is 0.241. The van der Waals surface area contributed by atoms with E-state index in [2.05, 4.69) is 10.3 Å². The Morgan fingerprint density at radius 1 is 1.13 bits per heavy atom. The number of hydrogen-bond acceptors (Lipinski definition) is 7. The molecular weight excluding hydrogens is 496 g/mol. The van der Waals surface area contributed by atoms with E-state index >= 15 is 0 Å². The molecule has 4 heterocycles. The van der Waals surface area contributed by atoms with Crippen LogP contribution in [-0.4, -0.2) is 40.4 Å². The van der Waals surface area contributed by atoms with Gasteiger partial charge in [0.05, 0.1) is 17.4 Å². The number of amides is 2. The van der Waals surface area contributed by atoms with Gasteiger partial charge in [-0.25, -0.2) is 0 Å². The monoisotopic (exact) mass is 524 g/mol. The highest BCUT2D eigenvalue weighted by atomic mass is 16.7. The average Bonchev–Trinajstić information content (AvgIpc) is 3.50. The molecule has 2 atom stereocenters. The number of benzene rings is 2. The lowest BCUT2D eigenvalue weighted by atomic mass is 10.00. The number of anilines is 3. The number of hydroxylamine groups is 1. The van der Waals surface area contributed by atoms with Crippen LogP contribution in [-0.2, 0) is 25.6 Å². The Morgan fingerprint density at radius 3 is 2.64 bits per heavy atom. The van der Waals surface area contributed by atoms with Gasteiger partial charge in [0.15, 0.2) is 6.04 Å². The molecule has 39 heavy (non-hydrogen) atoms. The van der Waals surface area contributed by atoms with Gasteiger partial charge in [0.2, 0.25) is 5.91 Å². The summed E-state index contributed by atoms with van der Waals surface area (Å²) in [5, 5.41) is 5.21. The number of rotatable bonds is 5. The molecule has 0 fully saturated rings. The molecular formula is C29H28N6O4. The van der Waals surface area contributed by atoms with Crippen molar-refractivity contribution in [3.63, 3.8) is 0 Å². The normalized spacial score (nSPS) is 17.0. The molecule has 6 rings (SSSR count). The van der Waals surface area contributed by atoms with E-state index in [4.69, 9.17) is 10.6 Å². The van der Waals surface area contributed by atoms with E-state index in [-0.39, 0.29) is 17.9 Å². The second-order valence-electron chi connectivity index (χ2n) is 9.73. The molecule has 2 aromatic heterocycles. The van der Waals surface area contributed by atoms with Gasteiger partial charge in [-0.05, 0) is 42.3 Å². The molecule has 2 unspecified atom stereocenters. The fourth-order valence-corrected chi connectivity index (χ4v) is 5.65. The molecule has 0 radical (unpaired) electrons. The first-order chi connectivity index (χ1) is 18.9. The number of hydrogen-bond donors (Lipinski definition) is 2. The minimum atomic E-state index is -0.960. The maximum absolute atomic E-state index is 13.8. The van der Waals surface area contributed by atoms with E-state index in [0.29, 0.717) is 36.4 Å². The Morgan fingerprint density at radius 2 is 1.92 bits per heavy atom. The molecule has 2 aliphatic heterocycles. The summed E-state index contributed by atoms with van der Waals surface area (Å²) >= 11 is 0. The van der Waals surface area contributed by atoms with Crippen molar-refractivity contribution in [2.24, 2.45) is 5.73 Å². The molecule has 3 N–H and O–H groups in total. The van der Waals surface area contributed by atoms with Gasteiger partial charge in [-0.15, -0.1) is 0 Å². The Labute approximate surface area is 224 Å². The summed E-state index contributed by atoms with van der Waals surface area (Å²) in [5.74, 6) is -0.981. The zero-order chi connectivity index (χ0) is 27.3. The number of para-hydroxylation sites is 1. The summed E-state index contributed by atoms with van der Waals surface area (Å²) in [7, 11) is 0. The number of nitrogens with two attached hydrogens (primary N) is 1. The summed E-state index contributed by atoms with van der Waals surface area (Å²) in [6.45, 7) is 3.67. The zero-order valence-electron chi connectivity index (χ0n) is 21.6. The van der Waals surface area contributed by atoms with Crippen molar-refractivity contribution in [3.05, 3.63) is 83.8 Å². The van der Waals surface area contributed by atoms with Crippen LogP contribution in [0.15, 0.2) is 67.0 Å². The van der Waals surface area contributed by atoms with E-state index < -0.39 is 12.0 Å².